The van der Waals surface area contributed by atoms with E-state index in [0.29, 0.717) is 11.1 Å². The minimum Gasteiger partial charge on any atom is -0.392 e. The van der Waals surface area contributed by atoms with E-state index in [1.807, 2.05) is 6.92 Å². The summed E-state index contributed by atoms with van der Waals surface area (Å²) in [6.45, 7) is 5.39. The smallest absolute Gasteiger partial charge is 0.240 e. The van der Waals surface area contributed by atoms with Gasteiger partial charge >= 0.3 is 0 Å². The van der Waals surface area contributed by atoms with E-state index >= 15 is 0 Å². The summed E-state index contributed by atoms with van der Waals surface area (Å²) in [6, 6.07) is 3.28. The van der Waals surface area contributed by atoms with Gasteiger partial charge in [0.1, 0.15) is 0 Å². The molecule has 0 aliphatic heterocycles. The Kier molecular flexibility index (Phi) is 5.49. The lowest BCUT2D eigenvalue weighted by Gasteiger charge is -2.14. The van der Waals surface area contributed by atoms with E-state index < -0.39 is 10.0 Å². The van der Waals surface area contributed by atoms with Crippen molar-refractivity contribution in [3.05, 3.63) is 28.8 Å². The summed E-state index contributed by atoms with van der Waals surface area (Å²) in [7, 11) is -2.06. The highest BCUT2D eigenvalue weighted by Crippen LogP contribution is 2.20. The molecule has 1 aromatic rings. The molecule has 1 atom stereocenters. The number of aryl methyl sites for hydroxylation is 2. The van der Waals surface area contributed by atoms with Gasteiger partial charge in [-0.05, 0) is 43.5 Å². The van der Waals surface area contributed by atoms with Crippen LogP contribution in [0.4, 0.5) is 0 Å². The summed E-state index contributed by atoms with van der Waals surface area (Å²) in [5.41, 5.74) is 2.15. The Balaban J connectivity index is 3.07. The predicted molar refractivity (Wildman–Crippen MR) is 73.5 cm³/mol. The second-order valence-corrected chi connectivity index (χ2v) is 6.34. The maximum Gasteiger partial charge on any atom is 0.240 e. The number of rotatable bonds is 6. The van der Waals surface area contributed by atoms with Crippen molar-refractivity contribution in [1.82, 2.24) is 4.72 Å². The highest BCUT2D eigenvalue weighted by molar-refractivity contribution is 7.89. The van der Waals surface area contributed by atoms with Crippen molar-refractivity contribution in [2.45, 2.75) is 38.4 Å². The molecule has 1 unspecified atom stereocenters. The average Bonchev–Trinajstić information content (AvgIpc) is 2.35. The number of sulfonamides is 1. The van der Waals surface area contributed by atoms with Gasteiger partial charge in [-0.25, -0.2) is 13.1 Å². The summed E-state index contributed by atoms with van der Waals surface area (Å²) in [4.78, 5) is 0.199. The van der Waals surface area contributed by atoms with Crippen LogP contribution in [-0.4, -0.2) is 33.3 Å². The van der Waals surface area contributed by atoms with Crippen molar-refractivity contribution in [2.24, 2.45) is 0 Å². The second kappa shape index (κ2) is 6.47. The van der Waals surface area contributed by atoms with Crippen molar-refractivity contribution in [3.8, 4) is 0 Å². The molecular formula is C13H21NO4S. The normalized spacial score (nSPS) is 13.5. The predicted octanol–water partition coefficient (Wildman–Crippen LogP) is 1.11. The van der Waals surface area contributed by atoms with E-state index in [1.54, 1.807) is 19.9 Å². The Morgan fingerprint density at radius 2 is 1.95 bits per heavy atom. The Morgan fingerprint density at radius 3 is 2.47 bits per heavy atom. The first kappa shape index (κ1) is 16.1. The molecule has 0 radical (unpaired) electrons. The molecule has 2 N–H and O–H groups in total. The van der Waals surface area contributed by atoms with Gasteiger partial charge in [-0.1, -0.05) is 6.07 Å². The first-order valence-electron chi connectivity index (χ1n) is 6.05. The van der Waals surface area contributed by atoms with Crippen molar-refractivity contribution >= 4 is 10.0 Å². The Bertz CT molecular complexity index is 540. The number of benzene rings is 1. The van der Waals surface area contributed by atoms with E-state index in [9.17, 15) is 13.5 Å². The molecule has 108 valence electrons. The fourth-order valence-electron chi connectivity index (χ4n) is 1.72. The molecule has 0 aliphatic carbocycles. The topological polar surface area (TPSA) is 75.6 Å². The van der Waals surface area contributed by atoms with Crippen LogP contribution in [0.2, 0.25) is 0 Å². The van der Waals surface area contributed by atoms with E-state index in [0.717, 1.165) is 5.56 Å². The van der Waals surface area contributed by atoms with E-state index in [1.165, 1.54) is 13.2 Å². The minimum atomic E-state index is -3.59. The molecule has 0 saturated heterocycles. The van der Waals surface area contributed by atoms with Gasteiger partial charge in [0.05, 0.1) is 17.6 Å². The summed E-state index contributed by atoms with van der Waals surface area (Å²) < 4.78 is 31.9. The lowest BCUT2D eigenvalue weighted by molar-refractivity contribution is 0.122. The molecule has 0 bridgehead atoms. The molecule has 19 heavy (non-hydrogen) atoms. The van der Waals surface area contributed by atoms with Gasteiger partial charge in [-0.15, -0.1) is 0 Å². The Morgan fingerprint density at radius 1 is 1.32 bits per heavy atom. The molecular weight excluding hydrogens is 266 g/mol. The van der Waals surface area contributed by atoms with Gasteiger partial charge in [0.15, 0.2) is 0 Å². The quantitative estimate of drug-likeness (QED) is 0.822. The van der Waals surface area contributed by atoms with Crippen molar-refractivity contribution in [3.63, 3.8) is 0 Å². The highest BCUT2D eigenvalue weighted by atomic mass is 32.2. The van der Waals surface area contributed by atoms with Gasteiger partial charge < -0.3 is 9.84 Å². The average molecular weight is 287 g/mol. The SMILES string of the molecule is COC(C)CNS(=O)(=O)c1cc(CO)c(C)cc1C. The molecule has 6 heteroatoms. The van der Waals surface area contributed by atoms with Gasteiger partial charge in [0.2, 0.25) is 10.0 Å². The maximum absolute atomic E-state index is 12.2. The number of ether oxygens (including phenoxy) is 1. The minimum absolute atomic E-state index is 0.177. The van der Waals surface area contributed by atoms with Gasteiger partial charge in [-0.3, -0.25) is 0 Å². The van der Waals surface area contributed by atoms with Crippen LogP contribution < -0.4 is 4.72 Å². The second-order valence-electron chi connectivity index (χ2n) is 4.60. The molecule has 1 aromatic carbocycles. The molecule has 5 nitrogen and oxygen atoms in total. The highest BCUT2D eigenvalue weighted by Gasteiger charge is 2.19. The maximum atomic E-state index is 12.2. The van der Waals surface area contributed by atoms with Crippen LogP contribution >= 0.6 is 0 Å². The zero-order valence-corrected chi connectivity index (χ0v) is 12.5. The van der Waals surface area contributed by atoms with Crippen LogP contribution in [0.25, 0.3) is 0 Å². The fraction of sp³-hybridized carbons (Fsp3) is 0.538. The zero-order valence-electron chi connectivity index (χ0n) is 11.7. The molecule has 0 heterocycles. The van der Waals surface area contributed by atoms with Gasteiger partial charge in [0.25, 0.3) is 0 Å². The van der Waals surface area contributed by atoms with Crippen LogP contribution in [0.3, 0.4) is 0 Å². The van der Waals surface area contributed by atoms with Crippen LogP contribution in [0.5, 0.6) is 0 Å². The molecule has 0 saturated carbocycles. The first-order valence-corrected chi connectivity index (χ1v) is 7.53. The third-order valence-corrected chi connectivity index (χ3v) is 4.62. The zero-order chi connectivity index (χ0) is 14.6. The summed E-state index contributed by atoms with van der Waals surface area (Å²) in [6.07, 6.45) is -0.196. The lowest BCUT2D eigenvalue weighted by Crippen LogP contribution is -2.32. The largest absolute Gasteiger partial charge is 0.392 e. The van der Waals surface area contributed by atoms with E-state index in [4.69, 9.17) is 4.74 Å². The summed E-state index contributed by atoms with van der Waals surface area (Å²) in [5.74, 6) is 0. The molecule has 1 rings (SSSR count). The van der Waals surface area contributed by atoms with E-state index in [2.05, 4.69) is 4.72 Å². The van der Waals surface area contributed by atoms with Crippen LogP contribution in [0, 0.1) is 13.8 Å². The van der Waals surface area contributed by atoms with Crippen LogP contribution in [0.1, 0.15) is 23.6 Å². The number of hydrogen-bond acceptors (Lipinski definition) is 4. The fourth-order valence-corrected chi connectivity index (χ4v) is 3.11. The number of aliphatic hydroxyl groups excluding tert-OH is 1. The molecule has 0 aliphatic rings. The molecule has 0 fully saturated rings. The van der Waals surface area contributed by atoms with E-state index in [-0.39, 0.29) is 24.2 Å². The summed E-state index contributed by atoms with van der Waals surface area (Å²) in [5, 5.41) is 9.22. The third kappa shape index (κ3) is 4.01. The number of aliphatic hydroxyl groups is 1. The van der Waals surface area contributed by atoms with Crippen molar-refractivity contribution in [1.29, 1.82) is 0 Å². The van der Waals surface area contributed by atoms with Gasteiger partial charge in [-0.2, -0.15) is 0 Å². The van der Waals surface area contributed by atoms with Crippen molar-refractivity contribution in [2.75, 3.05) is 13.7 Å². The Hall–Kier alpha value is -0.950. The number of hydrogen-bond donors (Lipinski definition) is 2. The number of methoxy groups -OCH3 is 1. The number of nitrogens with one attached hydrogen (secondary N) is 1. The summed E-state index contributed by atoms with van der Waals surface area (Å²) >= 11 is 0. The van der Waals surface area contributed by atoms with Gasteiger partial charge in [0, 0.05) is 13.7 Å². The molecule has 0 spiro atoms. The van der Waals surface area contributed by atoms with Crippen LogP contribution in [-0.2, 0) is 21.4 Å². The van der Waals surface area contributed by atoms with Crippen molar-refractivity contribution < 1.29 is 18.3 Å². The van der Waals surface area contributed by atoms with Crippen LogP contribution in [0.15, 0.2) is 17.0 Å². The Labute approximate surface area is 114 Å². The standard InChI is InChI=1S/C13H21NO4S/c1-9-5-10(2)13(6-12(9)8-15)19(16,17)14-7-11(3)18-4/h5-6,11,14-15H,7-8H2,1-4H3. The monoisotopic (exact) mass is 287 g/mol. The first-order chi connectivity index (χ1) is 8.81. The molecule has 0 aromatic heterocycles. The molecule has 0 amide bonds. The lowest BCUT2D eigenvalue weighted by atomic mass is 10.1. The third-order valence-electron chi connectivity index (χ3n) is 3.06.